The third kappa shape index (κ3) is 2.10. The lowest BCUT2D eigenvalue weighted by Crippen LogP contribution is -2.39. The van der Waals surface area contributed by atoms with Crippen LogP contribution in [0.3, 0.4) is 0 Å². The lowest BCUT2D eigenvalue weighted by Gasteiger charge is -2.25. The van der Waals surface area contributed by atoms with E-state index in [0.29, 0.717) is 0 Å². The molecule has 0 bridgehead atoms. The molecule has 1 rings (SSSR count). The van der Waals surface area contributed by atoms with Crippen molar-refractivity contribution < 1.29 is 4.79 Å². The summed E-state index contributed by atoms with van der Waals surface area (Å²) in [7, 11) is 0. The fourth-order valence-electron chi connectivity index (χ4n) is 1.41. The van der Waals surface area contributed by atoms with Crippen molar-refractivity contribution >= 4 is 5.91 Å². The Morgan fingerprint density at radius 2 is 1.92 bits per heavy atom. The highest BCUT2D eigenvalue weighted by molar-refractivity contribution is 5.94. The molecule has 0 unspecified atom stereocenters. The molecule has 0 aromatic carbocycles. The first-order chi connectivity index (χ1) is 6.20. The minimum absolute atomic E-state index is 0.196. The molecule has 3 heteroatoms. The summed E-state index contributed by atoms with van der Waals surface area (Å²) >= 11 is 0. The van der Waals surface area contributed by atoms with Crippen molar-refractivity contribution in [3.63, 3.8) is 0 Å². The van der Waals surface area contributed by atoms with Crippen LogP contribution in [0.25, 0.3) is 0 Å². The van der Waals surface area contributed by atoms with Crippen LogP contribution in [0.15, 0.2) is 11.1 Å². The van der Waals surface area contributed by atoms with Gasteiger partial charge in [0.15, 0.2) is 0 Å². The van der Waals surface area contributed by atoms with Crippen molar-refractivity contribution in [3.05, 3.63) is 11.1 Å². The van der Waals surface area contributed by atoms with Crippen LogP contribution in [0.2, 0.25) is 0 Å². The number of carbonyl (C=O) groups excluding carboxylic acids is 1. The molecule has 0 atom stereocenters. The molecular weight excluding hydrogens is 164 g/mol. The van der Waals surface area contributed by atoms with E-state index in [1.807, 2.05) is 25.7 Å². The Hall–Kier alpha value is -0.830. The Balaban J connectivity index is 2.65. The molecule has 0 radical (unpaired) electrons. The zero-order valence-corrected chi connectivity index (χ0v) is 8.68. The van der Waals surface area contributed by atoms with Crippen LogP contribution in [0.4, 0.5) is 0 Å². The third-order valence-electron chi connectivity index (χ3n) is 2.58. The molecule has 1 heterocycles. The van der Waals surface area contributed by atoms with E-state index in [-0.39, 0.29) is 5.91 Å². The monoisotopic (exact) mass is 182 g/mol. The van der Waals surface area contributed by atoms with Gasteiger partial charge in [-0.3, -0.25) is 4.79 Å². The Morgan fingerprint density at radius 1 is 1.38 bits per heavy atom. The molecule has 0 aromatic rings. The van der Waals surface area contributed by atoms with Gasteiger partial charge in [-0.1, -0.05) is 0 Å². The van der Waals surface area contributed by atoms with E-state index in [1.54, 1.807) is 0 Å². The van der Waals surface area contributed by atoms with E-state index >= 15 is 0 Å². The number of rotatable bonds is 3. The van der Waals surface area contributed by atoms with Gasteiger partial charge in [-0.25, -0.2) is 0 Å². The van der Waals surface area contributed by atoms with Crippen LogP contribution in [-0.4, -0.2) is 37.0 Å². The van der Waals surface area contributed by atoms with E-state index < -0.39 is 0 Å². The molecule has 1 saturated heterocycles. The molecule has 1 aliphatic heterocycles. The van der Waals surface area contributed by atoms with Crippen molar-refractivity contribution in [3.8, 4) is 0 Å². The topological polar surface area (TPSA) is 32.3 Å². The highest BCUT2D eigenvalue weighted by Crippen LogP contribution is 2.11. The molecule has 1 fully saturated rings. The summed E-state index contributed by atoms with van der Waals surface area (Å²) in [5.74, 6) is 0.196. The highest BCUT2D eigenvalue weighted by Gasteiger charge is 2.18. The Kier molecular flexibility index (Phi) is 3.48. The first-order valence-corrected chi connectivity index (χ1v) is 4.89. The van der Waals surface area contributed by atoms with Gasteiger partial charge in [-0.2, -0.15) is 0 Å². The molecule has 0 spiro atoms. The van der Waals surface area contributed by atoms with Crippen LogP contribution < -0.4 is 5.32 Å². The van der Waals surface area contributed by atoms with E-state index in [2.05, 4.69) is 5.32 Å². The second kappa shape index (κ2) is 4.42. The first kappa shape index (κ1) is 10.3. The first-order valence-electron chi connectivity index (χ1n) is 4.89. The Morgan fingerprint density at radius 3 is 2.23 bits per heavy atom. The van der Waals surface area contributed by atoms with Gasteiger partial charge in [0.1, 0.15) is 0 Å². The zero-order chi connectivity index (χ0) is 9.84. The van der Waals surface area contributed by atoms with Crippen molar-refractivity contribution in [2.75, 3.05) is 26.2 Å². The minimum Gasteiger partial charge on any atom is -0.339 e. The molecular formula is C10H18N2O. The predicted octanol–water partition coefficient (Wildman–Crippen LogP) is 0.774. The smallest absolute Gasteiger partial charge is 0.249 e. The fraction of sp³-hybridized carbons (Fsp3) is 0.700. The van der Waals surface area contributed by atoms with Gasteiger partial charge in [-0.15, -0.1) is 0 Å². The molecule has 3 nitrogen and oxygen atoms in total. The normalized spacial score (nSPS) is 15.2. The van der Waals surface area contributed by atoms with E-state index in [4.69, 9.17) is 0 Å². The second-order valence-electron chi connectivity index (χ2n) is 3.31. The lowest BCUT2D eigenvalue weighted by atomic mass is 10.0. The minimum atomic E-state index is 0.196. The average molecular weight is 182 g/mol. The molecule has 13 heavy (non-hydrogen) atoms. The summed E-state index contributed by atoms with van der Waals surface area (Å²) in [6, 6.07) is 0. The summed E-state index contributed by atoms with van der Waals surface area (Å²) in [5.41, 5.74) is 2.19. The summed E-state index contributed by atoms with van der Waals surface area (Å²) in [6.07, 6.45) is 0. The SMILES string of the molecule is CCN(CC)C(=O)C(C)=C1CNC1. The third-order valence-corrected chi connectivity index (χ3v) is 2.58. The Labute approximate surface area is 79.8 Å². The predicted molar refractivity (Wildman–Crippen MR) is 53.5 cm³/mol. The maximum Gasteiger partial charge on any atom is 0.249 e. The van der Waals surface area contributed by atoms with E-state index in [0.717, 1.165) is 31.8 Å². The molecule has 1 amide bonds. The standard InChI is InChI=1S/C10H18N2O/c1-4-12(5-2)10(13)8(3)9-6-11-7-9/h11H,4-7H2,1-3H3. The summed E-state index contributed by atoms with van der Waals surface area (Å²) in [6.45, 7) is 9.33. The average Bonchev–Trinajstić information content (AvgIpc) is 2.03. The number of amides is 1. The largest absolute Gasteiger partial charge is 0.339 e. The van der Waals surface area contributed by atoms with E-state index in [9.17, 15) is 4.79 Å². The van der Waals surface area contributed by atoms with Crippen LogP contribution >= 0.6 is 0 Å². The Bertz CT molecular complexity index is 223. The zero-order valence-electron chi connectivity index (χ0n) is 8.68. The summed E-state index contributed by atoms with van der Waals surface area (Å²) in [4.78, 5) is 13.6. The number of likely N-dealkylation sites (N-methyl/N-ethyl adjacent to an activating group) is 1. The quantitative estimate of drug-likeness (QED) is 0.654. The fourth-order valence-corrected chi connectivity index (χ4v) is 1.41. The lowest BCUT2D eigenvalue weighted by molar-refractivity contribution is -0.126. The van der Waals surface area contributed by atoms with E-state index in [1.165, 1.54) is 5.57 Å². The number of nitrogens with one attached hydrogen (secondary N) is 1. The van der Waals surface area contributed by atoms with Gasteiger partial charge < -0.3 is 10.2 Å². The van der Waals surface area contributed by atoms with Crippen molar-refractivity contribution in [1.82, 2.24) is 10.2 Å². The number of hydrogen-bond donors (Lipinski definition) is 1. The summed E-state index contributed by atoms with van der Waals surface area (Å²) in [5, 5.41) is 3.14. The molecule has 74 valence electrons. The maximum atomic E-state index is 11.8. The number of hydrogen-bond acceptors (Lipinski definition) is 2. The van der Waals surface area contributed by atoms with Gasteiger partial charge in [0.2, 0.25) is 5.91 Å². The molecule has 1 aliphatic rings. The van der Waals surface area contributed by atoms with Crippen LogP contribution in [0.5, 0.6) is 0 Å². The van der Waals surface area contributed by atoms with Crippen LogP contribution in [0.1, 0.15) is 20.8 Å². The maximum absolute atomic E-state index is 11.8. The summed E-state index contributed by atoms with van der Waals surface area (Å²) < 4.78 is 0. The van der Waals surface area contributed by atoms with Gasteiger partial charge in [0, 0.05) is 31.8 Å². The van der Waals surface area contributed by atoms with Gasteiger partial charge in [0.05, 0.1) is 0 Å². The number of carbonyl (C=O) groups is 1. The van der Waals surface area contributed by atoms with Gasteiger partial charge in [0.25, 0.3) is 0 Å². The number of nitrogens with zero attached hydrogens (tertiary/aromatic N) is 1. The highest BCUT2D eigenvalue weighted by atomic mass is 16.2. The second-order valence-corrected chi connectivity index (χ2v) is 3.31. The van der Waals surface area contributed by atoms with Crippen LogP contribution in [0, 0.1) is 0 Å². The molecule has 0 aromatic heterocycles. The van der Waals surface area contributed by atoms with Crippen molar-refractivity contribution in [1.29, 1.82) is 0 Å². The molecule has 0 aliphatic carbocycles. The van der Waals surface area contributed by atoms with Crippen molar-refractivity contribution in [2.45, 2.75) is 20.8 Å². The molecule has 1 N–H and O–H groups in total. The molecule has 0 saturated carbocycles. The van der Waals surface area contributed by atoms with Gasteiger partial charge >= 0.3 is 0 Å². The van der Waals surface area contributed by atoms with Crippen LogP contribution in [-0.2, 0) is 4.79 Å². The van der Waals surface area contributed by atoms with Crippen molar-refractivity contribution in [2.24, 2.45) is 0 Å². The van der Waals surface area contributed by atoms with Gasteiger partial charge in [-0.05, 0) is 26.3 Å².